The third kappa shape index (κ3) is 2.90. The second kappa shape index (κ2) is 7.22. The van der Waals surface area contributed by atoms with Crippen LogP contribution in [0, 0.1) is 34.5 Å². The minimum Gasteiger partial charge on any atom is -0.394 e. The Kier molecular flexibility index (Phi) is 5.01. The summed E-state index contributed by atoms with van der Waals surface area (Å²) in [7, 11) is 0. The number of fused-ring (bicyclic) bond motifs is 5. The summed E-state index contributed by atoms with van der Waals surface area (Å²) < 4.78 is 11.2. The molecule has 4 fully saturated rings. The average molecular weight is 419 g/mol. The van der Waals surface area contributed by atoms with Crippen molar-refractivity contribution in [1.29, 1.82) is 0 Å². The van der Waals surface area contributed by atoms with Crippen LogP contribution < -0.4 is 0 Å². The third-order valence-corrected chi connectivity index (χ3v) is 9.42. The Bertz CT molecular complexity index is 776. The Morgan fingerprint density at radius 1 is 1.23 bits per heavy atom. The van der Waals surface area contributed by atoms with E-state index in [0.29, 0.717) is 24.7 Å². The minimum absolute atomic E-state index is 0.0209. The molecule has 0 aromatic heterocycles. The summed E-state index contributed by atoms with van der Waals surface area (Å²) >= 11 is 0. The number of carbonyl (C=O) groups excluding carboxylic acids is 2. The van der Waals surface area contributed by atoms with Gasteiger partial charge in [-0.25, -0.2) is 0 Å². The second-order valence-corrected chi connectivity index (χ2v) is 10.8. The van der Waals surface area contributed by atoms with Gasteiger partial charge in [0.1, 0.15) is 6.10 Å². The highest BCUT2D eigenvalue weighted by Crippen LogP contribution is 2.66. The van der Waals surface area contributed by atoms with Crippen LogP contribution in [0.3, 0.4) is 0 Å². The van der Waals surface area contributed by atoms with Crippen molar-refractivity contribution in [3.8, 4) is 0 Å². The molecule has 2 N–H and O–H groups in total. The highest BCUT2D eigenvalue weighted by Gasteiger charge is 2.63. The van der Waals surface area contributed by atoms with Crippen molar-refractivity contribution >= 4 is 11.6 Å². The lowest BCUT2D eigenvalue weighted by Crippen LogP contribution is -2.57. The maximum atomic E-state index is 13.3. The van der Waals surface area contributed by atoms with Gasteiger partial charge in [-0.2, -0.15) is 0 Å². The molecular formula is C24H34O6. The largest absolute Gasteiger partial charge is 0.394 e. The van der Waals surface area contributed by atoms with E-state index in [9.17, 15) is 19.8 Å². The average Bonchev–Trinajstić information content (AvgIpc) is 3.32. The lowest BCUT2D eigenvalue weighted by atomic mass is 9.46. The number of hydrogen-bond donors (Lipinski definition) is 2. The minimum atomic E-state index is -0.889. The molecule has 0 aromatic rings. The van der Waals surface area contributed by atoms with Crippen LogP contribution in [-0.4, -0.2) is 53.5 Å². The summed E-state index contributed by atoms with van der Waals surface area (Å²) in [6, 6.07) is 0. The van der Waals surface area contributed by atoms with Crippen LogP contribution in [0.1, 0.15) is 58.8 Å². The monoisotopic (exact) mass is 418 g/mol. The van der Waals surface area contributed by atoms with Gasteiger partial charge in [0.2, 0.25) is 6.29 Å². The van der Waals surface area contributed by atoms with Gasteiger partial charge in [0.15, 0.2) is 11.6 Å². The smallest absolute Gasteiger partial charge is 0.218 e. The van der Waals surface area contributed by atoms with Gasteiger partial charge in [0.25, 0.3) is 0 Å². The molecule has 0 aromatic carbocycles. The summed E-state index contributed by atoms with van der Waals surface area (Å²) in [5, 5.41) is 20.7. The van der Waals surface area contributed by atoms with Gasteiger partial charge in [-0.15, -0.1) is 0 Å². The fraction of sp³-hybridized carbons (Fsp3) is 0.833. The van der Waals surface area contributed by atoms with Crippen LogP contribution >= 0.6 is 0 Å². The SMILES string of the molecule is C[C@]12C[C@H](O)[C@H]3[C@@H](CCC4=CC(=O)CC[C@@]43C)[C@@H]1CC[C@@H]2C(=O)C1OCC(CO)O1. The van der Waals surface area contributed by atoms with Crippen molar-refractivity contribution in [3.63, 3.8) is 0 Å². The van der Waals surface area contributed by atoms with E-state index in [1.54, 1.807) is 0 Å². The maximum absolute atomic E-state index is 13.3. The summed E-state index contributed by atoms with van der Waals surface area (Å²) in [4.78, 5) is 25.3. The number of allylic oxidation sites excluding steroid dienone is 1. The number of aliphatic hydroxyl groups excluding tert-OH is 2. The first-order chi connectivity index (χ1) is 14.3. The molecule has 3 saturated carbocycles. The molecular weight excluding hydrogens is 384 g/mol. The number of ether oxygens (including phenoxy) is 2. The van der Waals surface area contributed by atoms with Gasteiger partial charge in [0, 0.05) is 12.3 Å². The topological polar surface area (TPSA) is 93.1 Å². The molecule has 166 valence electrons. The van der Waals surface area contributed by atoms with E-state index in [0.717, 1.165) is 32.1 Å². The van der Waals surface area contributed by atoms with Gasteiger partial charge in [-0.05, 0) is 73.2 Å². The first-order valence-corrected chi connectivity index (χ1v) is 11.6. The number of rotatable bonds is 3. The number of aliphatic hydroxyl groups is 2. The van der Waals surface area contributed by atoms with Crippen molar-refractivity contribution in [1.82, 2.24) is 0 Å². The van der Waals surface area contributed by atoms with E-state index in [4.69, 9.17) is 9.47 Å². The third-order valence-electron chi connectivity index (χ3n) is 9.42. The van der Waals surface area contributed by atoms with Gasteiger partial charge < -0.3 is 19.7 Å². The molecule has 1 saturated heterocycles. The summed E-state index contributed by atoms with van der Waals surface area (Å²) in [5.74, 6) is 0.953. The first kappa shape index (κ1) is 20.8. The Balaban J connectivity index is 1.41. The highest BCUT2D eigenvalue weighted by molar-refractivity contribution is 5.91. The van der Waals surface area contributed by atoms with Crippen LogP contribution in [-0.2, 0) is 19.1 Å². The predicted octanol–water partition coefficient (Wildman–Crippen LogP) is 2.41. The van der Waals surface area contributed by atoms with Crippen LogP contribution in [0.5, 0.6) is 0 Å². The van der Waals surface area contributed by atoms with E-state index in [-0.39, 0.29) is 47.4 Å². The molecule has 0 spiro atoms. The number of carbonyl (C=O) groups is 2. The van der Waals surface area contributed by atoms with E-state index in [1.165, 1.54) is 5.57 Å². The highest BCUT2D eigenvalue weighted by atomic mass is 16.7. The van der Waals surface area contributed by atoms with E-state index in [2.05, 4.69) is 13.8 Å². The molecule has 9 atom stereocenters. The van der Waals surface area contributed by atoms with Crippen LogP contribution in [0.25, 0.3) is 0 Å². The summed E-state index contributed by atoms with van der Waals surface area (Å²) in [6.45, 7) is 4.54. The zero-order valence-corrected chi connectivity index (χ0v) is 18.0. The first-order valence-electron chi connectivity index (χ1n) is 11.6. The van der Waals surface area contributed by atoms with Crippen molar-refractivity contribution in [2.24, 2.45) is 34.5 Å². The van der Waals surface area contributed by atoms with Crippen LogP contribution in [0.2, 0.25) is 0 Å². The molecule has 5 rings (SSSR count). The Morgan fingerprint density at radius 3 is 2.77 bits per heavy atom. The van der Waals surface area contributed by atoms with Crippen molar-refractivity contribution in [2.45, 2.75) is 77.3 Å². The Hall–Kier alpha value is -1.08. The van der Waals surface area contributed by atoms with Crippen molar-refractivity contribution in [2.75, 3.05) is 13.2 Å². The molecule has 0 bridgehead atoms. The van der Waals surface area contributed by atoms with E-state index < -0.39 is 18.5 Å². The molecule has 2 unspecified atom stereocenters. The number of Topliss-reactive ketones (excluding diaryl/α,β-unsaturated/α-hetero) is 1. The van der Waals surface area contributed by atoms with Gasteiger partial charge >= 0.3 is 0 Å². The van der Waals surface area contributed by atoms with Gasteiger partial charge in [0.05, 0.1) is 19.3 Å². The molecule has 5 aliphatic rings. The molecule has 6 heteroatoms. The summed E-state index contributed by atoms with van der Waals surface area (Å²) in [5.41, 5.74) is 0.867. The molecule has 0 amide bonds. The normalized spacial score (nSPS) is 50.5. The molecule has 0 radical (unpaired) electrons. The Labute approximate surface area is 178 Å². The van der Waals surface area contributed by atoms with Crippen LogP contribution in [0.15, 0.2) is 11.6 Å². The Morgan fingerprint density at radius 2 is 2.03 bits per heavy atom. The van der Waals surface area contributed by atoms with Crippen molar-refractivity contribution < 1.29 is 29.3 Å². The molecule has 1 heterocycles. The fourth-order valence-electron chi connectivity index (χ4n) is 8.01. The molecule has 1 aliphatic heterocycles. The van der Waals surface area contributed by atoms with E-state index >= 15 is 0 Å². The maximum Gasteiger partial charge on any atom is 0.218 e. The standard InChI is InChI=1S/C24H34O6/c1-23-8-7-14(26)9-13(23)3-4-16-17-5-6-18(24(17,2)10-19(27)20(16)23)21(28)22-29-12-15(11-25)30-22/h9,15-20,22,25,27H,3-8,10-12H2,1-2H3/t15?,16-,17-,18+,19-,20+,22?,23-,24-/m0/s1. The van der Waals surface area contributed by atoms with Gasteiger partial charge in [-0.1, -0.05) is 19.4 Å². The molecule has 6 nitrogen and oxygen atoms in total. The molecule has 30 heavy (non-hydrogen) atoms. The summed E-state index contributed by atoms with van der Waals surface area (Å²) in [6.07, 6.45) is 5.79. The van der Waals surface area contributed by atoms with Crippen molar-refractivity contribution in [3.05, 3.63) is 11.6 Å². The zero-order valence-electron chi connectivity index (χ0n) is 18.0. The van der Waals surface area contributed by atoms with Gasteiger partial charge in [-0.3, -0.25) is 9.59 Å². The fourth-order valence-corrected chi connectivity index (χ4v) is 8.01. The second-order valence-electron chi connectivity index (χ2n) is 10.8. The quantitative estimate of drug-likeness (QED) is 0.731. The molecule has 4 aliphatic carbocycles. The lowest BCUT2D eigenvalue weighted by Gasteiger charge is -2.59. The van der Waals surface area contributed by atoms with Crippen LogP contribution in [0.4, 0.5) is 0 Å². The van der Waals surface area contributed by atoms with E-state index in [1.807, 2.05) is 6.08 Å². The number of ketones is 2. The zero-order chi connectivity index (χ0) is 21.3. The predicted molar refractivity (Wildman–Crippen MR) is 108 cm³/mol. The number of hydrogen-bond acceptors (Lipinski definition) is 6. The lowest BCUT2D eigenvalue weighted by molar-refractivity contribution is -0.164.